The van der Waals surface area contributed by atoms with E-state index in [1.807, 2.05) is 13.0 Å². The molecule has 0 aromatic carbocycles. The summed E-state index contributed by atoms with van der Waals surface area (Å²) in [4.78, 5) is 4.17. The summed E-state index contributed by atoms with van der Waals surface area (Å²) in [6, 6.07) is 1.93. The lowest BCUT2D eigenvalue weighted by molar-refractivity contribution is -0.0473. The van der Waals surface area contributed by atoms with E-state index in [0.717, 1.165) is 30.6 Å². The van der Waals surface area contributed by atoms with Gasteiger partial charge in [-0.2, -0.15) is 0 Å². The van der Waals surface area contributed by atoms with Crippen molar-refractivity contribution in [2.45, 2.75) is 45.1 Å². The molecule has 0 bridgehead atoms. The zero-order chi connectivity index (χ0) is 12.3. The summed E-state index contributed by atoms with van der Waals surface area (Å²) in [6.45, 7) is 4.69. The van der Waals surface area contributed by atoms with Crippen LogP contribution in [0, 0.1) is 5.92 Å². The van der Waals surface area contributed by atoms with E-state index in [9.17, 15) is 5.11 Å². The van der Waals surface area contributed by atoms with E-state index in [0.29, 0.717) is 6.61 Å². The number of ether oxygens (including phenoxy) is 1. The minimum Gasteiger partial charge on any atom is -0.492 e. The van der Waals surface area contributed by atoms with Crippen LogP contribution in [0.4, 0.5) is 0 Å². The van der Waals surface area contributed by atoms with Crippen LogP contribution >= 0.6 is 0 Å². The van der Waals surface area contributed by atoms with E-state index < -0.39 is 5.60 Å². The molecule has 0 spiro atoms. The summed E-state index contributed by atoms with van der Waals surface area (Å²) in [5.41, 5.74) is 0.175. The summed E-state index contributed by atoms with van der Waals surface area (Å²) in [5.74, 6) is 1.03. The number of rotatable bonds is 3. The van der Waals surface area contributed by atoms with Crippen LogP contribution < -0.4 is 4.74 Å². The van der Waals surface area contributed by atoms with Crippen LogP contribution in [0.5, 0.6) is 5.75 Å². The maximum absolute atomic E-state index is 10.8. The summed E-state index contributed by atoms with van der Waals surface area (Å²) >= 11 is 0. The molecule has 1 N–H and O–H groups in total. The van der Waals surface area contributed by atoms with Crippen LogP contribution in [-0.4, -0.2) is 16.7 Å². The molecule has 2 atom stereocenters. The van der Waals surface area contributed by atoms with Crippen LogP contribution in [-0.2, 0) is 5.60 Å². The lowest BCUT2D eigenvalue weighted by Crippen LogP contribution is -2.36. The van der Waals surface area contributed by atoms with Gasteiger partial charge in [0.1, 0.15) is 5.75 Å². The first-order valence-corrected chi connectivity index (χ1v) is 6.47. The molecular formula is C14H21NO2. The van der Waals surface area contributed by atoms with Gasteiger partial charge in [-0.05, 0) is 31.7 Å². The van der Waals surface area contributed by atoms with E-state index in [2.05, 4.69) is 11.9 Å². The van der Waals surface area contributed by atoms with E-state index in [4.69, 9.17) is 4.74 Å². The van der Waals surface area contributed by atoms with Crippen LogP contribution in [0.3, 0.4) is 0 Å². The maximum atomic E-state index is 10.8. The monoisotopic (exact) mass is 235 g/mol. The third-order valence-electron chi connectivity index (χ3n) is 3.78. The Balaban J connectivity index is 2.28. The number of nitrogens with zero attached hydrogens (tertiary/aromatic N) is 1. The standard InChI is InChI=1S/C14H21NO2/c1-3-17-13-8-12(9-15-10-13)14(16)7-5-4-6-11(14)2/h8-11,16H,3-7H2,1-2H3. The first kappa shape index (κ1) is 12.4. The highest BCUT2D eigenvalue weighted by Gasteiger charge is 2.38. The fourth-order valence-corrected chi connectivity index (χ4v) is 2.66. The molecule has 2 rings (SSSR count). The number of aliphatic hydroxyl groups is 1. The molecule has 1 fully saturated rings. The average Bonchev–Trinajstić information content (AvgIpc) is 2.34. The Kier molecular flexibility index (Phi) is 3.67. The van der Waals surface area contributed by atoms with Crippen LogP contribution in [0.15, 0.2) is 18.5 Å². The Bertz CT molecular complexity index is 380. The quantitative estimate of drug-likeness (QED) is 0.876. The lowest BCUT2D eigenvalue weighted by atomic mass is 9.73. The highest BCUT2D eigenvalue weighted by atomic mass is 16.5. The Morgan fingerprint density at radius 1 is 1.47 bits per heavy atom. The van der Waals surface area contributed by atoms with Crippen LogP contribution in [0.1, 0.15) is 45.1 Å². The number of pyridine rings is 1. The Hall–Kier alpha value is -1.09. The molecule has 3 heteroatoms. The van der Waals surface area contributed by atoms with Crippen molar-refractivity contribution in [1.29, 1.82) is 0 Å². The van der Waals surface area contributed by atoms with E-state index in [-0.39, 0.29) is 5.92 Å². The molecule has 1 aliphatic rings. The minimum absolute atomic E-state index is 0.287. The number of aromatic nitrogens is 1. The molecule has 1 heterocycles. The zero-order valence-electron chi connectivity index (χ0n) is 10.6. The van der Waals surface area contributed by atoms with E-state index >= 15 is 0 Å². The van der Waals surface area contributed by atoms with Crippen molar-refractivity contribution in [2.24, 2.45) is 5.92 Å². The third-order valence-corrected chi connectivity index (χ3v) is 3.78. The SMILES string of the molecule is CCOc1cncc(C2(O)CCCCC2C)c1. The fraction of sp³-hybridized carbons (Fsp3) is 0.643. The Morgan fingerprint density at radius 2 is 2.29 bits per heavy atom. The molecule has 0 aliphatic heterocycles. The van der Waals surface area contributed by atoms with Crippen molar-refractivity contribution < 1.29 is 9.84 Å². The fourth-order valence-electron chi connectivity index (χ4n) is 2.66. The van der Waals surface area contributed by atoms with Crippen LogP contribution in [0.2, 0.25) is 0 Å². The maximum Gasteiger partial charge on any atom is 0.137 e. The number of hydrogen-bond acceptors (Lipinski definition) is 3. The highest BCUT2D eigenvalue weighted by molar-refractivity contribution is 5.29. The molecule has 0 saturated heterocycles. The molecule has 1 aliphatic carbocycles. The first-order chi connectivity index (χ1) is 8.16. The molecule has 0 radical (unpaired) electrons. The molecule has 94 valence electrons. The summed E-state index contributed by atoms with van der Waals surface area (Å²) in [5, 5.41) is 10.8. The van der Waals surface area contributed by atoms with Crippen molar-refractivity contribution in [3.63, 3.8) is 0 Å². The second-order valence-corrected chi connectivity index (χ2v) is 4.91. The predicted molar refractivity (Wildman–Crippen MR) is 66.9 cm³/mol. The first-order valence-electron chi connectivity index (χ1n) is 6.47. The summed E-state index contributed by atoms with van der Waals surface area (Å²) < 4.78 is 5.44. The lowest BCUT2D eigenvalue weighted by Gasteiger charge is -2.38. The largest absolute Gasteiger partial charge is 0.492 e. The van der Waals surface area contributed by atoms with E-state index in [1.165, 1.54) is 6.42 Å². The second-order valence-electron chi connectivity index (χ2n) is 4.91. The van der Waals surface area contributed by atoms with Gasteiger partial charge in [-0.15, -0.1) is 0 Å². The van der Waals surface area contributed by atoms with Crippen molar-refractivity contribution in [1.82, 2.24) is 4.98 Å². The van der Waals surface area contributed by atoms with Gasteiger partial charge >= 0.3 is 0 Å². The van der Waals surface area contributed by atoms with Crippen molar-refractivity contribution >= 4 is 0 Å². The summed E-state index contributed by atoms with van der Waals surface area (Å²) in [7, 11) is 0. The molecule has 1 aromatic heterocycles. The van der Waals surface area contributed by atoms with Crippen molar-refractivity contribution in [3.8, 4) is 5.75 Å². The van der Waals surface area contributed by atoms with Gasteiger partial charge in [0.05, 0.1) is 18.4 Å². The van der Waals surface area contributed by atoms with Gasteiger partial charge in [-0.1, -0.05) is 19.8 Å². The molecule has 1 saturated carbocycles. The van der Waals surface area contributed by atoms with Crippen molar-refractivity contribution in [3.05, 3.63) is 24.0 Å². The molecule has 0 amide bonds. The van der Waals surface area contributed by atoms with Gasteiger partial charge in [0.15, 0.2) is 0 Å². The van der Waals surface area contributed by atoms with Gasteiger partial charge in [-0.25, -0.2) is 0 Å². The number of hydrogen-bond donors (Lipinski definition) is 1. The van der Waals surface area contributed by atoms with E-state index in [1.54, 1.807) is 12.4 Å². The smallest absolute Gasteiger partial charge is 0.137 e. The minimum atomic E-state index is -0.724. The van der Waals surface area contributed by atoms with Gasteiger partial charge < -0.3 is 9.84 Å². The molecule has 17 heavy (non-hydrogen) atoms. The van der Waals surface area contributed by atoms with Gasteiger partial charge in [0, 0.05) is 11.8 Å². The molecule has 3 nitrogen and oxygen atoms in total. The average molecular weight is 235 g/mol. The van der Waals surface area contributed by atoms with Crippen molar-refractivity contribution in [2.75, 3.05) is 6.61 Å². The third kappa shape index (κ3) is 2.44. The second kappa shape index (κ2) is 5.05. The topological polar surface area (TPSA) is 42.4 Å². The molecular weight excluding hydrogens is 214 g/mol. The Morgan fingerprint density at radius 3 is 3.00 bits per heavy atom. The molecule has 1 aromatic rings. The zero-order valence-corrected chi connectivity index (χ0v) is 10.6. The van der Waals surface area contributed by atoms with Crippen LogP contribution in [0.25, 0.3) is 0 Å². The molecule has 2 unspecified atom stereocenters. The van der Waals surface area contributed by atoms with Gasteiger partial charge in [0.25, 0.3) is 0 Å². The summed E-state index contributed by atoms with van der Waals surface area (Å²) in [6.07, 6.45) is 7.66. The highest BCUT2D eigenvalue weighted by Crippen LogP contribution is 2.41. The predicted octanol–water partition coefficient (Wildman–Crippen LogP) is 2.88. The Labute approximate surface area is 103 Å². The van der Waals surface area contributed by atoms with Gasteiger partial charge in [-0.3, -0.25) is 4.98 Å². The normalized spacial score (nSPS) is 29.0. The van der Waals surface area contributed by atoms with Gasteiger partial charge in [0.2, 0.25) is 0 Å².